The fourth-order valence-corrected chi connectivity index (χ4v) is 4.07. The molecule has 0 unspecified atom stereocenters. The van der Waals surface area contributed by atoms with Gasteiger partial charge in [-0.15, -0.1) is 16.4 Å². The van der Waals surface area contributed by atoms with Crippen LogP contribution in [0.5, 0.6) is 0 Å². The number of aromatic nitrogens is 3. The lowest BCUT2D eigenvalue weighted by atomic mass is 10.0. The normalized spacial score (nSPS) is 11.1. The quantitative estimate of drug-likeness (QED) is 0.485. The van der Waals surface area contributed by atoms with Crippen molar-refractivity contribution in [1.29, 1.82) is 0 Å². The molecule has 2 aromatic heterocycles. The van der Waals surface area contributed by atoms with E-state index < -0.39 is 0 Å². The number of halogens is 1. The number of anilines is 1. The molecule has 0 aliphatic heterocycles. The molecular formula is C21H19ClN4OS. The van der Waals surface area contributed by atoms with E-state index in [1.807, 2.05) is 29.6 Å². The second-order valence-electron chi connectivity index (χ2n) is 6.74. The minimum absolute atomic E-state index is 0.110. The summed E-state index contributed by atoms with van der Waals surface area (Å²) < 4.78 is 1.79. The van der Waals surface area contributed by atoms with Crippen LogP contribution in [0.4, 0.5) is 5.95 Å². The van der Waals surface area contributed by atoms with Gasteiger partial charge < -0.3 is 0 Å². The van der Waals surface area contributed by atoms with Gasteiger partial charge in [0.15, 0.2) is 0 Å². The standard InChI is InChI=1S/C21H19ClN4OS/c1-13-3-9-17(14(2)11-13)18-12-28-21-24-20(25-26(18)21)23-19(27)10-6-15-4-7-16(22)8-5-15/h3-5,7-9,11-12H,6,10H2,1-2H3,(H,23,25,27). The lowest BCUT2D eigenvalue weighted by molar-refractivity contribution is -0.116. The predicted molar refractivity (Wildman–Crippen MR) is 114 cm³/mol. The fourth-order valence-electron chi connectivity index (χ4n) is 3.12. The third kappa shape index (κ3) is 3.93. The zero-order chi connectivity index (χ0) is 19.7. The molecule has 2 aromatic carbocycles. The summed E-state index contributed by atoms with van der Waals surface area (Å²) in [6, 6.07) is 13.8. The van der Waals surface area contributed by atoms with Crippen molar-refractivity contribution >= 4 is 39.8 Å². The minimum Gasteiger partial charge on any atom is -0.293 e. The van der Waals surface area contributed by atoms with Crippen LogP contribution in [0.3, 0.4) is 0 Å². The number of amides is 1. The van der Waals surface area contributed by atoms with E-state index in [0.717, 1.165) is 21.8 Å². The molecule has 0 radical (unpaired) electrons. The Morgan fingerprint density at radius 3 is 2.71 bits per heavy atom. The molecular weight excluding hydrogens is 392 g/mol. The minimum atomic E-state index is -0.110. The lowest BCUT2D eigenvalue weighted by Gasteiger charge is -2.05. The first-order valence-electron chi connectivity index (χ1n) is 8.96. The van der Waals surface area contributed by atoms with E-state index in [0.29, 0.717) is 23.8 Å². The number of nitrogens with one attached hydrogen (secondary N) is 1. The maximum Gasteiger partial charge on any atom is 0.250 e. The highest BCUT2D eigenvalue weighted by Crippen LogP contribution is 2.28. The zero-order valence-electron chi connectivity index (χ0n) is 15.6. The number of hydrogen-bond donors (Lipinski definition) is 1. The number of benzene rings is 2. The molecule has 5 nitrogen and oxygen atoms in total. The van der Waals surface area contributed by atoms with E-state index in [-0.39, 0.29) is 5.91 Å². The van der Waals surface area contributed by atoms with Crippen molar-refractivity contribution in [3.8, 4) is 11.3 Å². The largest absolute Gasteiger partial charge is 0.293 e. The topological polar surface area (TPSA) is 59.3 Å². The Morgan fingerprint density at radius 2 is 1.96 bits per heavy atom. The van der Waals surface area contributed by atoms with Crippen molar-refractivity contribution in [3.63, 3.8) is 0 Å². The van der Waals surface area contributed by atoms with Gasteiger partial charge in [-0.1, -0.05) is 47.5 Å². The Hall–Kier alpha value is -2.70. The summed E-state index contributed by atoms with van der Waals surface area (Å²) in [6.07, 6.45) is 0.997. The Bertz CT molecular complexity index is 1150. The molecule has 0 saturated heterocycles. The maximum absolute atomic E-state index is 12.3. The lowest BCUT2D eigenvalue weighted by Crippen LogP contribution is -2.13. The van der Waals surface area contributed by atoms with Gasteiger partial charge in [0.2, 0.25) is 16.8 Å². The molecule has 1 amide bonds. The van der Waals surface area contributed by atoms with Gasteiger partial charge in [-0.3, -0.25) is 10.1 Å². The van der Waals surface area contributed by atoms with Crippen molar-refractivity contribution in [2.75, 3.05) is 5.32 Å². The van der Waals surface area contributed by atoms with E-state index >= 15 is 0 Å². The summed E-state index contributed by atoms with van der Waals surface area (Å²) in [6.45, 7) is 4.16. The van der Waals surface area contributed by atoms with E-state index in [1.54, 1.807) is 4.52 Å². The number of carbonyl (C=O) groups excluding carboxylic acids is 1. The van der Waals surface area contributed by atoms with Crippen LogP contribution in [0.1, 0.15) is 23.1 Å². The number of rotatable bonds is 5. The summed E-state index contributed by atoms with van der Waals surface area (Å²) >= 11 is 7.39. The number of aryl methyl sites for hydroxylation is 3. The monoisotopic (exact) mass is 410 g/mol. The van der Waals surface area contributed by atoms with Gasteiger partial charge in [0.05, 0.1) is 5.69 Å². The van der Waals surface area contributed by atoms with Gasteiger partial charge in [-0.05, 0) is 43.5 Å². The van der Waals surface area contributed by atoms with Crippen molar-refractivity contribution in [2.24, 2.45) is 0 Å². The molecule has 0 saturated carbocycles. The molecule has 28 heavy (non-hydrogen) atoms. The Labute approximate surface area is 172 Å². The molecule has 0 fully saturated rings. The molecule has 0 spiro atoms. The Balaban J connectivity index is 1.48. The smallest absolute Gasteiger partial charge is 0.250 e. The summed E-state index contributed by atoms with van der Waals surface area (Å²) in [4.78, 5) is 17.5. The molecule has 2 heterocycles. The van der Waals surface area contributed by atoms with Crippen LogP contribution < -0.4 is 5.32 Å². The molecule has 7 heteroatoms. The van der Waals surface area contributed by atoms with Gasteiger partial charge in [-0.2, -0.15) is 4.98 Å². The van der Waals surface area contributed by atoms with Gasteiger partial charge >= 0.3 is 0 Å². The molecule has 0 aliphatic carbocycles. The van der Waals surface area contributed by atoms with Crippen molar-refractivity contribution in [1.82, 2.24) is 14.6 Å². The summed E-state index contributed by atoms with van der Waals surface area (Å²) in [7, 11) is 0. The summed E-state index contributed by atoms with van der Waals surface area (Å²) in [5.41, 5.74) is 5.56. The first-order chi connectivity index (χ1) is 13.5. The van der Waals surface area contributed by atoms with Gasteiger partial charge in [0, 0.05) is 22.4 Å². The Kier molecular flexibility index (Phi) is 5.15. The van der Waals surface area contributed by atoms with Crippen LogP contribution in [-0.2, 0) is 11.2 Å². The second kappa shape index (κ2) is 7.73. The Morgan fingerprint density at radius 1 is 1.18 bits per heavy atom. The number of thiazole rings is 1. The molecule has 4 rings (SSSR count). The summed E-state index contributed by atoms with van der Waals surface area (Å²) in [5, 5.41) is 10.0. The highest BCUT2D eigenvalue weighted by molar-refractivity contribution is 7.15. The SMILES string of the molecule is Cc1ccc(-c2csc3nc(NC(=O)CCc4ccc(Cl)cc4)nn23)c(C)c1. The van der Waals surface area contributed by atoms with E-state index in [9.17, 15) is 4.79 Å². The number of fused-ring (bicyclic) bond motifs is 1. The molecule has 142 valence electrons. The second-order valence-corrected chi connectivity index (χ2v) is 8.02. The van der Waals surface area contributed by atoms with Crippen LogP contribution in [-0.4, -0.2) is 20.5 Å². The van der Waals surface area contributed by atoms with Crippen LogP contribution in [0.2, 0.25) is 5.02 Å². The zero-order valence-corrected chi connectivity index (χ0v) is 17.1. The third-order valence-corrected chi connectivity index (χ3v) is 5.61. The fraction of sp³-hybridized carbons (Fsp3) is 0.190. The van der Waals surface area contributed by atoms with Gasteiger partial charge in [0.25, 0.3) is 0 Å². The molecule has 0 bridgehead atoms. The number of hydrogen-bond acceptors (Lipinski definition) is 4. The molecule has 0 atom stereocenters. The van der Waals surface area contributed by atoms with Crippen LogP contribution >= 0.6 is 22.9 Å². The predicted octanol–water partition coefficient (Wildman–Crippen LogP) is 5.30. The molecule has 1 N–H and O–H groups in total. The van der Waals surface area contributed by atoms with Crippen LogP contribution in [0, 0.1) is 13.8 Å². The average molecular weight is 411 g/mol. The molecule has 4 aromatic rings. The highest BCUT2D eigenvalue weighted by atomic mass is 35.5. The highest BCUT2D eigenvalue weighted by Gasteiger charge is 2.14. The van der Waals surface area contributed by atoms with E-state index in [2.05, 4.69) is 47.4 Å². The van der Waals surface area contributed by atoms with Crippen molar-refractivity contribution < 1.29 is 4.79 Å². The third-order valence-electron chi connectivity index (χ3n) is 4.54. The maximum atomic E-state index is 12.3. The van der Waals surface area contributed by atoms with E-state index in [4.69, 9.17) is 11.6 Å². The average Bonchev–Trinajstić information content (AvgIpc) is 3.22. The van der Waals surface area contributed by atoms with Gasteiger partial charge in [-0.25, -0.2) is 4.52 Å². The van der Waals surface area contributed by atoms with Crippen molar-refractivity contribution in [3.05, 3.63) is 69.6 Å². The first-order valence-corrected chi connectivity index (χ1v) is 10.2. The number of nitrogens with zero attached hydrogens (tertiary/aromatic N) is 3. The molecule has 0 aliphatic rings. The van der Waals surface area contributed by atoms with Gasteiger partial charge in [0.1, 0.15) is 0 Å². The van der Waals surface area contributed by atoms with Crippen LogP contribution in [0.25, 0.3) is 16.2 Å². The number of carbonyl (C=O) groups is 1. The summed E-state index contributed by atoms with van der Waals surface area (Å²) in [5.74, 6) is 0.222. The van der Waals surface area contributed by atoms with Crippen LogP contribution in [0.15, 0.2) is 47.8 Å². The van der Waals surface area contributed by atoms with E-state index in [1.165, 1.54) is 22.5 Å². The van der Waals surface area contributed by atoms with Crippen molar-refractivity contribution in [2.45, 2.75) is 26.7 Å². The first kappa shape index (κ1) is 18.7.